The molecular formula is C35H46N6O7. The van der Waals surface area contributed by atoms with Crippen LogP contribution in [0.2, 0.25) is 0 Å². The highest BCUT2D eigenvalue weighted by atomic mass is 16.3. The molecule has 48 heavy (non-hydrogen) atoms. The maximum absolute atomic E-state index is 14.0. The minimum atomic E-state index is -1.39. The van der Waals surface area contributed by atoms with E-state index in [2.05, 4.69) is 26.6 Å². The van der Waals surface area contributed by atoms with Gasteiger partial charge in [0.1, 0.15) is 36.3 Å². The van der Waals surface area contributed by atoms with E-state index in [9.17, 15) is 33.9 Å². The number of aliphatic hydroxyl groups excluding tert-OH is 1. The lowest BCUT2D eigenvalue weighted by molar-refractivity contribution is -0.142. The average Bonchev–Trinajstić information content (AvgIpc) is 3.56. The highest BCUT2D eigenvalue weighted by Gasteiger charge is 2.39. The van der Waals surface area contributed by atoms with Gasteiger partial charge in [0, 0.05) is 19.4 Å². The minimum absolute atomic E-state index is 0.0542. The number of hydrogen-bond acceptors (Lipinski definition) is 7. The van der Waals surface area contributed by atoms with Crippen molar-refractivity contribution < 1.29 is 33.9 Å². The molecule has 2 aliphatic heterocycles. The molecule has 0 unspecified atom stereocenters. The van der Waals surface area contributed by atoms with Gasteiger partial charge in [-0.3, -0.25) is 28.8 Å². The Bertz CT molecular complexity index is 1450. The predicted octanol–water partition coefficient (Wildman–Crippen LogP) is -0.0413. The minimum Gasteiger partial charge on any atom is -0.394 e. The van der Waals surface area contributed by atoms with Gasteiger partial charge in [0.2, 0.25) is 35.4 Å². The van der Waals surface area contributed by atoms with Crippen LogP contribution in [0, 0.1) is 5.92 Å². The summed E-state index contributed by atoms with van der Waals surface area (Å²) in [7, 11) is 0. The first-order valence-electron chi connectivity index (χ1n) is 16.5. The zero-order chi connectivity index (χ0) is 34.8. The zero-order valence-corrected chi connectivity index (χ0v) is 27.6. The molecular weight excluding hydrogens is 616 g/mol. The van der Waals surface area contributed by atoms with Gasteiger partial charge in [-0.15, -0.1) is 0 Å². The molecule has 0 bridgehead atoms. The van der Waals surface area contributed by atoms with Crippen molar-refractivity contribution in [1.29, 1.82) is 0 Å². The SMILES string of the molecule is CC(C)C[C@H]1NC(=O)[C@H](CO)NC(=O)[C@@H]2CCCN2C(=O)[C@H](C)NC(=O)[C@H](Cc2ccccc2)NC(=O)[C@H](Cc2ccccc2)NC1=O. The molecule has 4 rings (SSSR count). The number of hydrogen-bond donors (Lipinski definition) is 6. The fourth-order valence-electron chi connectivity index (χ4n) is 6.03. The van der Waals surface area contributed by atoms with Crippen molar-refractivity contribution in [3.8, 4) is 0 Å². The lowest BCUT2D eigenvalue weighted by Gasteiger charge is -2.30. The summed E-state index contributed by atoms with van der Waals surface area (Å²) in [5.74, 6) is -3.83. The van der Waals surface area contributed by atoms with Crippen molar-refractivity contribution >= 4 is 35.4 Å². The second-order valence-corrected chi connectivity index (χ2v) is 12.9. The first-order valence-corrected chi connectivity index (χ1v) is 16.5. The van der Waals surface area contributed by atoms with Crippen molar-refractivity contribution in [3.63, 3.8) is 0 Å². The number of nitrogens with one attached hydrogen (secondary N) is 5. The van der Waals surface area contributed by atoms with E-state index in [1.54, 1.807) is 24.3 Å². The van der Waals surface area contributed by atoms with Crippen LogP contribution in [0.5, 0.6) is 0 Å². The molecule has 2 heterocycles. The van der Waals surface area contributed by atoms with Crippen LogP contribution >= 0.6 is 0 Å². The van der Waals surface area contributed by atoms with Crippen LogP contribution in [0.25, 0.3) is 0 Å². The molecule has 6 amide bonds. The van der Waals surface area contributed by atoms with Gasteiger partial charge in [0.05, 0.1) is 6.61 Å². The Hall–Kier alpha value is -4.78. The molecule has 2 saturated heterocycles. The summed E-state index contributed by atoms with van der Waals surface area (Å²) in [6, 6.07) is 11.4. The lowest BCUT2D eigenvalue weighted by atomic mass is 10.00. The number of carbonyl (C=O) groups excluding carboxylic acids is 6. The van der Waals surface area contributed by atoms with E-state index in [-0.39, 0.29) is 31.7 Å². The normalized spacial score (nSPS) is 26.4. The van der Waals surface area contributed by atoms with Crippen molar-refractivity contribution in [2.24, 2.45) is 5.92 Å². The fourth-order valence-corrected chi connectivity index (χ4v) is 6.03. The molecule has 0 radical (unpaired) electrons. The number of amides is 6. The van der Waals surface area contributed by atoms with E-state index in [1.807, 2.05) is 50.2 Å². The molecule has 258 valence electrons. The summed E-state index contributed by atoms with van der Waals surface area (Å²) in [5.41, 5.74) is 1.51. The van der Waals surface area contributed by atoms with E-state index < -0.39 is 78.3 Å². The van der Waals surface area contributed by atoms with Crippen LogP contribution in [0.4, 0.5) is 0 Å². The first kappa shape index (κ1) is 36.1. The van der Waals surface area contributed by atoms with Gasteiger partial charge in [-0.2, -0.15) is 0 Å². The van der Waals surface area contributed by atoms with E-state index in [0.717, 1.165) is 11.1 Å². The Labute approximate surface area is 280 Å². The van der Waals surface area contributed by atoms with Gasteiger partial charge in [-0.25, -0.2) is 0 Å². The number of carbonyl (C=O) groups is 6. The van der Waals surface area contributed by atoms with Crippen LogP contribution in [-0.4, -0.2) is 94.9 Å². The third-order valence-electron chi connectivity index (χ3n) is 8.55. The van der Waals surface area contributed by atoms with Gasteiger partial charge in [-0.1, -0.05) is 74.5 Å². The number of rotatable bonds is 7. The molecule has 13 nitrogen and oxygen atoms in total. The summed E-state index contributed by atoms with van der Waals surface area (Å²) in [5, 5.41) is 23.5. The Morgan fingerprint density at radius 2 is 1.12 bits per heavy atom. The van der Waals surface area contributed by atoms with E-state index >= 15 is 0 Å². The highest BCUT2D eigenvalue weighted by Crippen LogP contribution is 2.19. The van der Waals surface area contributed by atoms with E-state index in [1.165, 1.54) is 11.8 Å². The van der Waals surface area contributed by atoms with Gasteiger partial charge in [0.25, 0.3) is 0 Å². The number of benzene rings is 2. The monoisotopic (exact) mass is 662 g/mol. The Balaban J connectivity index is 1.72. The molecule has 6 atom stereocenters. The van der Waals surface area contributed by atoms with E-state index in [0.29, 0.717) is 12.8 Å². The van der Waals surface area contributed by atoms with Crippen LogP contribution in [0.3, 0.4) is 0 Å². The van der Waals surface area contributed by atoms with Crippen molar-refractivity contribution in [3.05, 3.63) is 71.8 Å². The summed E-state index contributed by atoms with van der Waals surface area (Å²) < 4.78 is 0. The second kappa shape index (κ2) is 16.9. The molecule has 6 N–H and O–H groups in total. The summed E-state index contributed by atoms with van der Waals surface area (Å²) in [6.45, 7) is 4.75. The molecule has 0 aromatic heterocycles. The second-order valence-electron chi connectivity index (χ2n) is 12.9. The van der Waals surface area contributed by atoms with Gasteiger partial charge < -0.3 is 36.6 Å². The quantitative estimate of drug-likeness (QED) is 0.240. The Kier molecular flexibility index (Phi) is 12.7. The largest absolute Gasteiger partial charge is 0.394 e. The van der Waals surface area contributed by atoms with Crippen molar-refractivity contribution in [2.45, 2.75) is 89.1 Å². The Morgan fingerprint density at radius 1 is 0.667 bits per heavy atom. The van der Waals surface area contributed by atoms with Gasteiger partial charge in [0.15, 0.2) is 0 Å². The Morgan fingerprint density at radius 3 is 1.65 bits per heavy atom. The molecule has 2 aromatic carbocycles. The smallest absolute Gasteiger partial charge is 0.245 e. The molecule has 2 fully saturated rings. The molecule has 0 saturated carbocycles. The molecule has 0 aliphatic carbocycles. The standard InChI is InChI=1S/C35H46N6O7/c1-21(2)17-25-31(44)39-27(19-24-13-8-5-9-14-24)32(45)38-26(18-23-11-6-4-7-12-23)30(43)36-22(3)35(48)41-16-10-15-29(41)34(47)40-28(20-42)33(46)37-25/h4-9,11-14,21-22,25-29,42H,10,15-20H2,1-3H3,(H,36,43)(H,37,46)(H,38,45)(H,39,44)(H,40,47)/t22-,25+,26-,27-,28-,29-/m0/s1. The highest BCUT2D eigenvalue weighted by molar-refractivity contribution is 5.98. The third kappa shape index (κ3) is 9.63. The van der Waals surface area contributed by atoms with Crippen LogP contribution in [-0.2, 0) is 41.6 Å². The van der Waals surface area contributed by atoms with Crippen LogP contribution in [0.1, 0.15) is 51.2 Å². The molecule has 0 spiro atoms. The van der Waals surface area contributed by atoms with Crippen molar-refractivity contribution in [1.82, 2.24) is 31.5 Å². The zero-order valence-electron chi connectivity index (χ0n) is 27.6. The summed E-state index contributed by atoms with van der Waals surface area (Å²) in [6.07, 6.45) is 1.24. The first-order chi connectivity index (χ1) is 23.0. The number of aliphatic hydroxyl groups is 1. The third-order valence-corrected chi connectivity index (χ3v) is 8.55. The van der Waals surface area contributed by atoms with Gasteiger partial charge in [-0.05, 0) is 43.2 Å². The average molecular weight is 663 g/mol. The number of fused-ring (bicyclic) bond motifs is 1. The lowest BCUT2D eigenvalue weighted by Crippen LogP contribution is -2.62. The maximum atomic E-state index is 14.0. The molecule has 2 aliphatic rings. The number of nitrogens with zero attached hydrogens (tertiary/aromatic N) is 1. The van der Waals surface area contributed by atoms with Gasteiger partial charge >= 0.3 is 0 Å². The summed E-state index contributed by atoms with van der Waals surface area (Å²) in [4.78, 5) is 83.1. The topological polar surface area (TPSA) is 186 Å². The van der Waals surface area contributed by atoms with Crippen molar-refractivity contribution in [2.75, 3.05) is 13.2 Å². The van der Waals surface area contributed by atoms with Crippen LogP contribution in [0.15, 0.2) is 60.7 Å². The van der Waals surface area contributed by atoms with Crippen LogP contribution < -0.4 is 26.6 Å². The van der Waals surface area contributed by atoms with E-state index in [4.69, 9.17) is 0 Å². The summed E-state index contributed by atoms with van der Waals surface area (Å²) >= 11 is 0. The maximum Gasteiger partial charge on any atom is 0.245 e. The molecule has 13 heteroatoms. The molecule has 2 aromatic rings. The fraction of sp³-hybridized carbons (Fsp3) is 0.486. The predicted molar refractivity (Wildman–Crippen MR) is 177 cm³/mol.